The van der Waals surface area contributed by atoms with Gasteiger partial charge in [-0.1, -0.05) is 42.0 Å². The number of carbonyl (C=O) groups excluding carboxylic acids is 1. The largest absolute Gasteiger partial charge is 0.379 e. The minimum Gasteiger partial charge on any atom is -0.379 e. The Bertz CT molecular complexity index is 1200. The molecule has 1 aliphatic rings. The molecule has 1 unspecified atom stereocenters. The van der Waals surface area contributed by atoms with Crippen molar-refractivity contribution in [3.63, 3.8) is 0 Å². The van der Waals surface area contributed by atoms with Gasteiger partial charge in [0, 0.05) is 25.2 Å². The Balaban J connectivity index is 1.42. The number of aromatic nitrogens is 2. The highest BCUT2D eigenvalue weighted by atomic mass is 16.6. The molecule has 1 atom stereocenters. The number of aryl methyl sites for hydroxylation is 2. The number of ether oxygens (including phenoxy) is 1. The van der Waals surface area contributed by atoms with E-state index in [1.165, 1.54) is 11.1 Å². The highest BCUT2D eigenvalue weighted by molar-refractivity contribution is 5.94. The quantitative estimate of drug-likeness (QED) is 0.393. The maximum Gasteiger partial charge on any atom is 0.312 e. The second kappa shape index (κ2) is 10.8. The number of amides is 1. The van der Waals surface area contributed by atoms with Gasteiger partial charge in [-0.3, -0.25) is 24.5 Å². The molecule has 9 nitrogen and oxygen atoms in total. The summed E-state index contributed by atoms with van der Waals surface area (Å²) in [5.74, 6) is -0.135. The molecule has 1 aliphatic heterocycles. The molecule has 1 aromatic heterocycles. The second-order valence-electron chi connectivity index (χ2n) is 8.92. The predicted molar refractivity (Wildman–Crippen MR) is 133 cm³/mol. The van der Waals surface area contributed by atoms with Crippen LogP contribution >= 0.6 is 0 Å². The van der Waals surface area contributed by atoms with E-state index in [1.807, 2.05) is 12.1 Å². The zero-order valence-electron chi connectivity index (χ0n) is 20.4. The van der Waals surface area contributed by atoms with Gasteiger partial charge >= 0.3 is 5.69 Å². The van der Waals surface area contributed by atoms with E-state index in [1.54, 1.807) is 30.7 Å². The van der Waals surface area contributed by atoms with E-state index in [0.29, 0.717) is 43.3 Å². The standard InChI is InChI=1S/C26H31N5O4/c1-18-5-4-6-23(15-18)24(29-11-13-35-14-12-29)16-27-26(32)22-9-7-21(8-10-22)17-30-20(3)25(31(33)34)19(2)28-30/h4-10,15,24H,11-14,16-17H2,1-3H3,(H,27,32). The predicted octanol–water partition coefficient (Wildman–Crippen LogP) is 3.57. The van der Waals surface area contributed by atoms with E-state index >= 15 is 0 Å². The normalized spacial score (nSPS) is 15.1. The third-order valence-corrected chi connectivity index (χ3v) is 6.44. The summed E-state index contributed by atoms with van der Waals surface area (Å²) >= 11 is 0. The number of benzene rings is 2. The SMILES string of the molecule is Cc1cccc(C(CNC(=O)c2ccc(Cn3nc(C)c([N+](=O)[O-])c3C)cc2)N2CCOCC2)c1. The van der Waals surface area contributed by atoms with Crippen LogP contribution in [0.5, 0.6) is 0 Å². The minimum atomic E-state index is -0.400. The van der Waals surface area contributed by atoms with Gasteiger partial charge in [0.05, 0.1) is 30.7 Å². The van der Waals surface area contributed by atoms with Crippen molar-refractivity contribution >= 4 is 11.6 Å². The molecule has 0 bridgehead atoms. The van der Waals surface area contributed by atoms with Gasteiger partial charge in [0.25, 0.3) is 5.91 Å². The molecule has 4 rings (SSSR count). The first-order chi connectivity index (χ1) is 16.8. The average molecular weight is 478 g/mol. The lowest BCUT2D eigenvalue weighted by atomic mass is 10.0. The third-order valence-electron chi connectivity index (χ3n) is 6.44. The number of nitro groups is 1. The Morgan fingerprint density at radius 1 is 1.14 bits per heavy atom. The number of morpholine rings is 1. The second-order valence-corrected chi connectivity index (χ2v) is 8.92. The molecule has 1 N–H and O–H groups in total. The average Bonchev–Trinajstić information content (AvgIpc) is 3.13. The summed E-state index contributed by atoms with van der Waals surface area (Å²) in [7, 11) is 0. The van der Waals surface area contributed by atoms with Crippen LogP contribution in [0.4, 0.5) is 5.69 Å². The molecular formula is C26H31N5O4. The molecule has 0 saturated carbocycles. The Labute approximate surface area is 204 Å². The highest BCUT2D eigenvalue weighted by Crippen LogP contribution is 2.24. The van der Waals surface area contributed by atoms with Gasteiger partial charge in [-0.2, -0.15) is 5.10 Å². The van der Waals surface area contributed by atoms with Gasteiger partial charge in [-0.15, -0.1) is 0 Å². The number of hydrogen-bond acceptors (Lipinski definition) is 6. The molecule has 184 valence electrons. The molecule has 2 heterocycles. The highest BCUT2D eigenvalue weighted by Gasteiger charge is 2.24. The van der Waals surface area contributed by atoms with Gasteiger partial charge in [0.2, 0.25) is 0 Å². The molecule has 1 fully saturated rings. The summed E-state index contributed by atoms with van der Waals surface area (Å²) in [6.45, 7) is 9.33. The minimum absolute atomic E-state index is 0.0458. The number of nitrogens with zero attached hydrogens (tertiary/aromatic N) is 4. The van der Waals surface area contributed by atoms with Gasteiger partial charge in [0.15, 0.2) is 0 Å². The molecule has 0 radical (unpaired) electrons. The maximum atomic E-state index is 12.9. The van der Waals surface area contributed by atoms with Crippen molar-refractivity contribution in [2.75, 3.05) is 32.8 Å². The van der Waals surface area contributed by atoms with E-state index in [-0.39, 0.29) is 17.6 Å². The van der Waals surface area contributed by atoms with Crippen molar-refractivity contribution < 1.29 is 14.5 Å². The summed E-state index contributed by atoms with van der Waals surface area (Å²) in [6.07, 6.45) is 0. The van der Waals surface area contributed by atoms with Crippen LogP contribution in [0.2, 0.25) is 0 Å². The van der Waals surface area contributed by atoms with Gasteiger partial charge in [-0.25, -0.2) is 0 Å². The molecule has 9 heteroatoms. The van der Waals surface area contributed by atoms with Crippen LogP contribution in [0, 0.1) is 30.9 Å². The first-order valence-electron chi connectivity index (χ1n) is 11.8. The molecule has 3 aromatic rings. The summed E-state index contributed by atoms with van der Waals surface area (Å²) < 4.78 is 7.14. The van der Waals surface area contributed by atoms with Gasteiger partial charge in [-0.05, 0) is 44.0 Å². The number of hydrogen-bond donors (Lipinski definition) is 1. The summed E-state index contributed by atoms with van der Waals surface area (Å²) in [5.41, 5.74) is 4.80. The lowest BCUT2D eigenvalue weighted by molar-refractivity contribution is -0.386. The van der Waals surface area contributed by atoms with Crippen molar-refractivity contribution in [2.24, 2.45) is 0 Å². The number of carbonyl (C=O) groups is 1. The van der Waals surface area contributed by atoms with Crippen LogP contribution < -0.4 is 5.32 Å². The summed E-state index contributed by atoms with van der Waals surface area (Å²) in [5, 5.41) is 18.6. The van der Waals surface area contributed by atoms with Crippen molar-refractivity contribution in [3.8, 4) is 0 Å². The van der Waals surface area contributed by atoms with Crippen LogP contribution in [-0.4, -0.2) is 58.4 Å². The maximum absolute atomic E-state index is 12.9. The fraction of sp³-hybridized carbons (Fsp3) is 0.385. The van der Waals surface area contributed by atoms with E-state index in [2.05, 4.69) is 46.5 Å². The van der Waals surface area contributed by atoms with Crippen LogP contribution in [-0.2, 0) is 11.3 Å². The molecular weight excluding hydrogens is 446 g/mol. The van der Waals surface area contributed by atoms with E-state index in [9.17, 15) is 14.9 Å². The fourth-order valence-corrected chi connectivity index (χ4v) is 4.56. The van der Waals surface area contributed by atoms with Crippen molar-refractivity contribution in [2.45, 2.75) is 33.4 Å². The first-order valence-corrected chi connectivity index (χ1v) is 11.8. The third kappa shape index (κ3) is 5.75. The molecule has 0 aliphatic carbocycles. The van der Waals surface area contributed by atoms with Crippen molar-refractivity contribution in [3.05, 3.63) is 92.3 Å². The van der Waals surface area contributed by atoms with Crippen LogP contribution in [0.1, 0.15) is 44.5 Å². The van der Waals surface area contributed by atoms with E-state index < -0.39 is 4.92 Å². The smallest absolute Gasteiger partial charge is 0.312 e. The van der Waals surface area contributed by atoms with Gasteiger partial charge < -0.3 is 10.1 Å². The van der Waals surface area contributed by atoms with Crippen molar-refractivity contribution in [1.82, 2.24) is 20.0 Å². The molecule has 2 aromatic carbocycles. The van der Waals surface area contributed by atoms with Gasteiger partial charge in [0.1, 0.15) is 11.4 Å². The Kier molecular flexibility index (Phi) is 7.57. The first kappa shape index (κ1) is 24.6. The Morgan fingerprint density at radius 2 is 1.86 bits per heavy atom. The zero-order valence-corrected chi connectivity index (χ0v) is 20.4. The molecule has 1 amide bonds. The lowest BCUT2D eigenvalue weighted by Gasteiger charge is -2.35. The van der Waals surface area contributed by atoms with E-state index in [4.69, 9.17) is 4.74 Å². The lowest BCUT2D eigenvalue weighted by Crippen LogP contribution is -2.43. The topological polar surface area (TPSA) is 103 Å². The van der Waals surface area contributed by atoms with Crippen LogP contribution in [0.3, 0.4) is 0 Å². The molecule has 35 heavy (non-hydrogen) atoms. The summed E-state index contributed by atoms with van der Waals surface area (Å²) in [4.78, 5) is 26.1. The van der Waals surface area contributed by atoms with Crippen LogP contribution in [0.25, 0.3) is 0 Å². The monoisotopic (exact) mass is 477 g/mol. The summed E-state index contributed by atoms with van der Waals surface area (Å²) in [6, 6.07) is 15.8. The zero-order chi connectivity index (χ0) is 24.9. The molecule has 0 spiro atoms. The Hall–Kier alpha value is -3.56. The van der Waals surface area contributed by atoms with Crippen LogP contribution in [0.15, 0.2) is 48.5 Å². The fourth-order valence-electron chi connectivity index (χ4n) is 4.56. The Morgan fingerprint density at radius 3 is 2.49 bits per heavy atom. The van der Waals surface area contributed by atoms with E-state index in [0.717, 1.165) is 18.7 Å². The number of nitrogens with one attached hydrogen (secondary N) is 1. The molecule has 1 saturated heterocycles. The number of rotatable bonds is 8. The van der Waals surface area contributed by atoms with Crippen molar-refractivity contribution in [1.29, 1.82) is 0 Å².